The Kier molecular flexibility index (Phi) is 4.57. The Hall–Kier alpha value is -0.870. The van der Waals surface area contributed by atoms with Gasteiger partial charge in [-0.2, -0.15) is 0 Å². The van der Waals surface area contributed by atoms with Gasteiger partial charge in [-0.1, -0.05) is 28.1 Å². The van der Waals surface area contributed by atoms with E-state index in [0.717, 1.165) is 30.2 Å². The highest BCUT2D eigenvalue weighted by Gasteiger charge is 2.18. The number of carbonyl (C=O) groups excluding carboxylic acids is 1. The number of alkyl halides is 1. The van der Waals surface area contributed by atoms with Crippen molar-refractivity contribution in [3.63, 3.8) is 0 Å². The van der Waals surface area contributed by atoms with E-state index in [1.54, 1.807) is 12.1 Å². The van der Waals surface area contributed by atoms with E-state index in [0.29, 0.717) is 12.2 Å². The quantitative estimate of drug-likeness (QED) is 0.635. The molecule has 1 atom stereocenters. The van der Waals surface area contributed by atoms with Gasteiger partial charge in [0.1, 0.15) is 0 Å². The van der Waals surface area contributed by atoms with Gasteiger partial charge < -0.3 is 9.47 Å². The molecule has 0 N–H and O–H groups in total. The molecule has 0 aliphatic carbocycles. The molecular weight excluding hydrogens is 284 g/mol. The molecule has 0 radical (unpaired) electrons. The third kappa shape index (κ3) is 3.54. The molecule has 1 fully saturated rings. The van der Waals surface area contributed by atoms with Crippen LogP contribution in [-0.2, 0) is 14.8 Å². The Morgan fingerprint density at radius 3 is 2.71 bits per heavy atom. The van der Waals surface area contributed by atoms with E-state index in [1.807, 2.05) is 12.1 Å². The van der Waals surface area contributed by atoms with Gasteiger partial charge in [-0.25, -0.2) is 4.79 Å². The summed E-state index contributed by atoms with van der Waals surface area (Å²) in [5.41, 5.74) is 1.71. The van der Waals surface area contributed by atoms with Crippen LogP contribution in [0.2, 0.25) is 0 Å². The van der Waals surface area contributed by atoms with Crippen LogP contribution >= 0.6 is 15.9 Å². The summed E-state index contributed by atoms with van der Waals surface area (Å²) in [5.74, 6) is -0.307. The summed E-state index contributed by atoms with van der Waals surface area (Å²) in [6.45, 7) is 0.681. The largest absolute Gasteiger partial charge is 0.432 e. The van der Waals surface area contributed by atoms with Crippen molar-refractivity contribution in [2.24, 2.45) is 0 Å². The molecule has 1 aliphatic heterocycles. The Bertz CT molecular complexity index is 369. The van der Waals surface area contributed by atoms with Crippen molar-refractivity contribution in [2.45, 2.75) is 30.9 Å². The summed E-state index contributed by atoms with van der Waals surface area (Å²) in [6, 6.07) is 7.38. The van der Waals surface area contributed by atoms with Crippen molar-refractivity contribution < 1.29 is 14.3 Å². The van der Waals surface area contributed by atoms with Gasteiger partial charge in [-0.3, -0.25) is 0 Å². The van der Waals surface area contributed by atoms with Gasteiger partial charge >= 0.3 is 5.97 Å². The maximum Gasteiger partial charge on any atom is 0.340 e. The van der Waals surface area contributed by atoms with Crippen LogP contribution in [0.1, 0.15) is 35.2 Å². The van der Waals surface area contributed by atoms with E-state index in [9.17, 15) is 4.79 Å². The molecule has 0 unspecified atom stereocenters. The van der Waals surface area contributed by atoms with Gasteiger partial charge in [0.15, 0.2) is 0 Å². The number of halogens is 1. The predicted octanol–water partition coefficient (Wildman–Crippen LogP) is 3.26. The fourth-order valence-corrected chi connectivity index (χ4v) is 2.10. The topological polar surface area (TPSA) is 35.5 Å². The lowest BCUT2D eigenvalue weighted by molar-refractivity contribution is -0.130. The smallest absolute Gasteiger partial charge is 0.340 e. The molecule has 0 bridgehead atoms. The average molecular weight is 299 g/mol. The third-order valence-corrected chi connectivity index (χ3v) is 3.37. The SMILES string of the molecule is O=C(O[C@H]1CCCCO1)c1ccc(CBr)cc1. The Labute approximate surface area is 109 Å². The molecule has 17 heavy (non-hydrogen) atoms. The number of esters is 1. The van der Waals surface area contributed by atoms with Crippen LogP contribution in [0.5, 0.6) is 0 Å². The summed E-state index contributed by atoms with van der Waals surface area (Å²) >= 11 is 3.36. The van der Waals surface area contributed by atoms with E-state index in [2.05, 4.69) is 15.9 Å². The minimum absolute atomic E-state index is 0.307. The number of rotatable bonds is 3. The van der Waals surface area contributed by atoms with Gasteiger partial charge in [0.2, 0.25) is 6.29 Å². The normalized spacial score (nSPS) is 19.9. The van der Waals surface area contributed by atoms with Crippen LogP contribution in [0.15, 0.2) is 24.3 Å². The minimum atomic E-state index is -0.368. The molecule has 4 heteroatoms. The molecule has 0 aromatic heterocycles. The summed E-state index contributed by atoms with van der Waals surface area (Å²) in [4.78, 5) is 11.8. The van der Waals surface area contributed by atoms with Crippen LogP contribution in [0.25, 0.3) is 0 Å². The Morgan fingerprint density at radius 2 is 2.12 bits per heavy atom. The van der Waals surface area contributed by atoms with E-state index >= 15 is 0 Å². The fourth-order valence-electron chi connectivity index (χ4n) is 1.72. The first kappa shape index (κ1) is 12.6. The predicted molar refractivity (Wildman–Crippen MR) is 68.1 cm³/mol. The molecule has 1 aliphatic rings. The number of carbonyl (C=O) groups is 1. The molecular formula is C13H15BrO3. The van der Waals surface area contributed by atoms with Crippen molar-refractivity contribution in [1.29, 1.82) is 0 Å². The summed E-state index contributed by atoms with van der Waals surface area (Å²) < 4.78 is 10.6. The highest BCUT2D eigenvalue weighted by molar-refractivity contribution is 9.08. The summed E-state index contributed by atoms with van der Waals surface area (Å²) in [5, 5.41) is 0.786. The lowest BCUT2D eigenvalue weighted by Crippen LogP contribution is -2.25. The molecule has 3 nitrogen and oxygen atoms in total. The first-order chi connectivity index (χ1) is 8.29. The fraction of sp³-hybridized carbons (Fsp3) is 0.462. The second-order valence-corrected chi connectivity index (χ2v) is 4.59. The molecule has 1 saturated heterocycles. The average Bonchev–Trinajstić information content (AvgIpc) is 2.40. The van der Waals surface area contributed by atoms with Crippen LogP contribution in [-0.4, -0.2) is 18.9 Å². The molecule has 2 rings (SSSR count). The van der Waals surface area contributed by atoms with Crippen molar-refractivity contribution in [3.8, 4) is 0 Å². The van der Waals surface area contributed by atoms with E-state index < -0.39 is 0 Å². The number of hydrogen-bond donors (Lipinski definition) is 0. The number of hydrogen-bond acceptors (Lipinski definition) is 3. The zero-order chi connectivity index (χ0) is 12.1. The van der Waals surface area contributed by atoms with Crippen LogP contribution in [0, 0.1) is 0 Å². The first-order valence-corrected chi connectivity index (χ1v) is 6.89. The number of benzene rings is 1. The maximum atomic E-state index is 11.8. The molecule has 0 amide bonds. The highest BCUT2D eigenvalue weighted by Crippen LogP contribution is 2.16. The number of ether oxygens (including phenoxy) is 2. The second-order valence-electron chi connectivity index (χ2n) is 4.03. The van der Waals surface area contributed by atoms with E-state index in [4.69, 9.17) is 9.47 Å². The standard InChI is InChI=1S/C13H15BrO3/c14-9-10-4-6-11(7-5-10)13(15)17-12-3-1-2-8-16-12/h4-7,12H,1-3,8-9H2/t12-/m0/s1. The molecule has 0 saturated carbocycles. The summed E-state index contributed by atoms with van der Waals surface area (Å²) in [7, 11) is 0. The summed E-state index contributed by atoms with van der Waals surface area (Å²) in [6.07, 6.45) is 2.53. The molecule has 92 valence electrons. The minimum Gasteiger partial charge on any atom is -0.432 e. The van der Waals surface area contributed by atoms with Gasteiger partial charge in [-0.15, -0.1) is 0 Å². The second kappa shape index (κ2) is 6.17. The van der Waals surface area contributed by atoms with Gasteiger partial charge in [-0.05, 0) is 30.5 Å². The third-order valence-electron chi connectivity index (χ3n) is 2.72. The van der Waals surface area contributed by atoms with Crippen LogP contribution < -0.4 is 0 Å². The molecule has 1 aromatic rings. The lowest BCUT2D eigenvalue weighted by Gasteiger charge is -2.22. The monoisotopic (exact) mass is 298 g/mol. The molecule has 1 heterocycles. The van der Waals surface area contributed by atoms with Crippen molar-refractivity contribution in [2.75, 3.05) is 6.61 Å². The zero-order valence-electron chi connectivity index (χ0n) is 9.52. The van der Waals surface area contributed by atoms with Crippen LogP contribution in [0.3, 0.4) is 0 Å². The van der Waals surface area contributed by atoms with Crippen molar-refractivity contribution in [3.05, 3.63) is 35.4 Å². The Morgan fingerprint density at radius 1 is 1.35 bits per heavy atom. The first-order valence-electron chi connectivity index (χ1n) is 5.77. The Balaban J connectivity index is 1.93. The van der Waals surface area contributed by atoms with Gasteiger partial charge in [0.05, 0.1) is 12.2 Å². The maximum absolute atomic E-state index is 11.8. The zero-order valence-corrected chi connectivity index (χ0v) is 11.1. The van der Waals surface area contributed by atoms with E-state index in [1.165, 1.54) is 0 Å². The van der Waals surface area contributed by atoms with Crippen molar-refractivity contribution in [1.82, 2.24) is 0 Å². The van der Waals surface area contributed by atoms with Crippen LogP contribution in [0.4, 0.5) is 0 Å². The molecule has 1 aromatic carbocycles. The van der Waals surface area contributed by atoms with Gasteiger partial charge in [0, 0.05) is 11.8 Å². The van der Waals surface area contributed by atoms with E-state index in [-0.39, 0.29) is 12.3 Å². The lowest BCUT2D eigenvalue weighted by atomic mass is 10.1. The van der Waals surface area contributed by atoms with Crippen molar-refractivity contribution >= 4 is 21.9 Å². The van der Waals surface area contributed by atoms with Gasteiger partial charge in [0.25, 0.3) is 0 Å². The molecule has 0 spiro atoms. The highest BCUT2D eigenvalue weighted by atomic mass is 79.9.